The predicted octanol–water partition coefficient (Wildman–Crippen LogP) is 5.26. The minimum atomic E-state index is -0.211. The van der Waals surface area contributed by atoms with E-state index in [1.807, 2.05) is 38.1 Å². The number of ether oxygens (including phenoxy) is 1. The lowest BCUT2D eigenvalue weighted by Gasteiger charge is -2.26. The second-order valence-corrected chi connectivity index (χ2v) is 9.88. The monoisotopic (exact) mass is 461 g/mol. The van der Waals surface area contributed by atoms with E-state index >= 15 is 0 Å². The molecule has 0 saturated carbocycles. The number of thiophene rings is 1. The molecule has 6 nitrogen and oxygen atoms in total. The number of nitrogens with one attached hydrogen (secondary N) is 1. The van der Waals surface area contributed by atoms with Crippen LogP contribution in [0.25, 0.3) is 0 Å². The second-order valence-electron chi connectivity index (χ2n) is 8.23. The maximum absolute atomic E-state index is 13.5. The third-order valence-corrected chi connectivity index (χ3v) is 7.38. The smallest absolute Gasteiger partial charge is 0.259 e. The van der Waals surface area contributed by atoms with Crippen LogP contribution in [0.1, 0.15) is 54.3 Å². The number of carbonyl (C=O) groups is 2. The highest BCUT2D eigenvalue weighted by Gasteiger charge is 2.35. The van der Waals surface area contributed by atoms with Crippen LogP contribution in [0.15, 0.2) is 24.3 Å². The van der Waals surface area contributed by atoms with Crippen LogP contribution in [0.4, 0.5) is 17.1 Å². The summed E-state index contributed by atoms with van der Waals surface area (Å²) < 4.78 is 5.87. The fraction of sp³-hybridized carbons (Fsp3) is 0.478. The van der Waals surface area contributed by atoms with Crippen molar-refractivity contribution in [2.45, 2.75) is 39.0 Å². The summed E-state index contributed by atoms with van der Waals surface area (Å²) in [6, 6.07) is 7.41. The highest BCUT2D eigenvalue weighted by atomic mass is 35.5. The van der Waals surface area contributed by atoms with Crippen LogP contribution in [-0.2, 0) is 9.53 Å². The minimum Gasteiger partial charge on any atom is -0.379 e. The van der Waals surface area contributed by atoms with Gasteiger partial charge in [-0.25, -0.2) is 0 Å². The van der Waals surface area contributed by atoms with Gasteiger partial charge in [0.15, 0.2) is 0 Å². The number of hydrogen-bond donors (Lipinski definition) is 1. The van der Waals surface area contributed by atoms with Crippen LogP contribution in [0, 0.1) is 0 Å². The van der Waals surface area contributed by atoms with Crippen molar-refractivity contribution in [3.63, 3.8) is 0 Å². The van der Waals surface area contributed by atoms with Crippen molar-refractivity contribution in [2.75, 3.05) is 43.1 Å². The average Bonchev–Trinajstić information content (AvgIpc) is 3.04. The Morgan fingerprint density at radius 3 is 2.71 bits per heavy atom. The Morgan fingerprint density at radius 1 is 1.23 bits per heavy atom. The number of carbonyl (C=O) groups excluding carboxylic acids is 2. The largest absolute Gasteiger partial charge is 0.379 e. The summed E-state index contributed by atoms with van der Waals surface area (Å²) >= 11 is 8.03. The number of unbranched alkanes of at least 4 members (excludes halogenated alkanes) is 1. The van der Waals surface area contributed by atoms with Gasteiger partial charge in [-0.1, -0.05) is 37.6 Å². The normalized spacial score (nSPS) is 16.6. The van der Waals surface area contributed by atoms with E-state index in [1.54, 1.807) is 4.90 Å². The van der Waals surface area contributed by atoms with E-state index in [2.05, 4.69) is 10.2 Å². The molecule has 1 aromatic carbocycles. The van der Waals surface area contributed by atoms with Crippen LogP contribution in [0.5, 0.6) is 0 Å². The Kier molecular flexibility index (Phi) is 6.96. The molecule has 0 unspecified atom stereocenters. The number of para-hydroxylation sites is 2. The molecule has 4 rings (SSSR count). The summed E-state index contributed by atoms with van der Waals surface area (Å²) in [6.07, 6.45) is 2.12. The zero-order valence-electron chi connectivity index (χ0n) is 17.9. The molecule has 1 N–H and O–H groups in total. The number of benzene rings is 1. The van der Waals surface area contributed by atoms with Gasteiger partial charge in [0.1, 0.15) is 4.34 Å². The van der Waals surface area contributed by atoms with E-state index < -0.39 is 0 Å². The molecular formula is C23H28ClN3O3S. The lowest BCUT2D eigenvalue weighted by atomic mass is 10.1. The highest BCUT2D eigenvalue weighted by molar-refractivity contribution is 7.17. The standard InChI is InChI=1S/C23H28ClN3O3S/c1-15(2)21-19-20(22(24)31-21)27(17-8-4-3-7-16(17)25-23(19)29)18(28)9-5-6-10-26-11-13-30-14-12-26/h3-4,7-8,15H,5-6,9-14H2,1-2H3,(H,25,29). The summed E-state index contributed by atoms with van der Waals surface area (Å²) in [6.45, 7) is 8.50. The molecular weight excluding hydrogens is 434 g/mol. The molecule has 0 radical (unpaired) electrons. The molecule has 0 atom stereocenters. The zero-order valence-corrected chi connectivity index (χ0v) is 19.5. The number of anilines is 3. The van der Waals surface area contributed by atoms with Gasteiger partial charge in [-0.2, -0.15) is 0 Å². The van der Waals surface area contributed by atoms with Crippen molar-refractivity contribution in [1.29, 1.82) is 0 Å². The molecule has 166 valence electrons. The van der Waals surface area contributed by atoms with Gasteiger partial charge in [0.2, 0.25) is 5.91 Å². The van der Waals surface area contributed by atoms with E-state index in [0.29, 0.717) is 33.4 Å². The van der Waals surface area contributed by atoms with E-state index in [9.17, 15) is 9.59 Å². The van der Waals surface area contributed by atoms with Crippen molar-refractivity contribution >= 4 is 51.8 Å². The molecule has 3 heterocycles. The first-order chi connectivity index (χ1) is 15.0. The maximum atomic E-state index is 13.5. The van der Waals surface area contributed by atoms with Crippen molar-refractivity contribution < 1.29 is 14.3 Å². The predicted molar refractivity (Wildman–Crippen MR) is 126 cm³/mol. The fourth-order valence-corrected chi connectivity index (χ4v) is 5.56. The Labute approximate surface area is 192 Å². The summed E-state index contributed by atoms with van der Waals surface area (Å²) in [7, 11) is 0. The zero-order chi connectivity index (χ0) is 22.0. The summed E-state index contributed by atoms with van der Waals surface area (Å²) in [4.78, 5) is 31.5. The fourth-order valence-electron chi connectivity index (χ4n) is 4.12. The second kappa shape index (κ2) is 9.69. The van der Waals surface area contributed by atoms with Crippen LogP contribution in [-0.4, -0.2) is 49.6 Å². The Hall–Kier alpha value is -1.93. The van der Waals surface area contributed by atoms with Crippen LogP contribution < -0.4 is 10.2 Å². The molecule has 2 amide bonds. The third-order valence-electron chi connectivity index (χ3n) is 5.71. The van der Waals surface area contributed by atoms with Gasteiger partial charge in [-0.05, 0) is 37.4 Å². The third kappa shape index (κ3) is 4.65. The first-order valence-corrected chi connectivity index (χ1v) is 12.0. The molecule has 1 aromatic heterocycles. The first-order valence-electron chi connectivity index (χ1n) is 10.8. The number of fused-ring (bicyclic) bond motifs is 2. The first kappa shape index (κ1) is 22.3. The highest BCUT2D eigenvalue weighted by Crippen LogP contribution is 2.49. The molecule has 1 saturated heterocycles. The Balaban J connectivity index is 1.59. The Morgan fingerprint density at radius 2 is 1.97 bits per heavy atom. The summed E-state index contributed by atoms with van der Waals surface area (Å²) in [5.41, 5.74) is 2.34. The van der Waals surface area contributed by atoms with Crippen LogP contribution >= 0.6 is 22.9 Å². The molecule has 31 heavy (non-hydrogen) atoms. The van der Waals surface area contributed by atoms with E-state index in [0.717, 1.165) is 50.6 Å². The summed E-state index contributed by atoms with van der Waals surface area (Å²) in [5, 5.41) is 2.98. The quantitative estimate of drug-likeness (QED) is 0.596. The lowest BCUT2D eigenvalue weighted by molar-refractivity contribution is -0.118. The van der Waals surface area contributed by atoms with Gasteiger partial charge in [-0.3, -0.25) is 19.4 Å². The number of nitrogens with zero attached hydrogens (tertiary/aromatic N) is 2. The molecule has 0 spiro atoms. The molecule has 0 bridgehead atoms. The SMILES string of the molecule is CC(C)c1sc(Cl)c2c1C(=O)Nc1ccccc1N2C(=O)CCCCN1CCOCC1. The molecule has 2 aliphatic heterocycles. The van der Waals surface area contributed by atoms with Crippen molar-refractivity contribution in [3.05, 3.63) is 39.0 Å². The van der Waals surface area contributed by atoms with Crippen molar-refractivity contribution in [3.8, 4) is 0 Å². The van der Waals surface area contributed by atoms with E-state index in [4.69, 9.17) is 16.3 Å². The molecule has 2 aliphatic rings. The number of morpholine rings is 1. The topological polar surface area (TPSA) is 61.9 Å². The van der Waals surface area contributed by atoms with Crippen molar-refractivity contribution in [1.82, 2.24) is 4.90 Å². The number of hydrogen-bond acceptors (Lipinski definition) is 5. The molecule has 0 aliphatic carbocycles. The minimum absolute atomic E-state index is 0.0396. The Bertz CT molecular complexity index is 969. The van der Waals surface area contributed by atoms with Crippen LogP contribution in [0.3, 0.4) is 0 Å². The average molecular weight is 462 g/mol. The molecule has 1 fully saturated rings. The van der Waals surface area contributed by atoms with E-state index in [-0.39, 0.29) is 17.7 Å². The van der Waals surface area contributed by atoms with Gasteiger partial charge in [0.05, 0.1) is 35.8 Å². The molecule has 2 aromatic rings. The van der Waals surface area contributed by atoms with Gasteiger partial charge >= 0.3 is 0 Å². The van der Waals surface area contributed by atoms with Gasteiger partial charge in [0.25, 0.3) is 5.91 Å². The summed E-state index contributed by atoms with van der Waals surface area (Å²) in [5.74, 6) is -0.122. The number of halogens is 1. The van der Waals surface area contributed by atoms with Gasteiger partial charge in [-0.15, -0.1) is 11.3 Å². The van der Waals surface area contributed by atoms with Gasteiger partial charge < -0.3 is 10.1 Å². The number of rotatable bonds is 6. The van der Waals surface area contributed by atoms with Gasteiger partial charge in [0, 0.05) is 24.4 Å². The number of amides is 2. The lowest BCUT2D eigenvalue weighted by Crippen LogP contribution is -2.36. The maximum Gasteiger partial charge on any atom is 0.259 e. The molecule has 8 heteroatoms. The van der Waals surface area contributed by atoms with Crippen LogP contribution in [0.2, 0.25) is 4.34 Å². The van der Waals surface area contributed by atoms with Crippen molar-refractivity contribution in [2.24, 2.45) is 0 Å². The van der Waals surface area contributed by atoms with E-state index in [1.165, 1.54) is 11.3 Å².